The van der Waals surface area contributed by atoms with E-state index >= 15 is 0 Å². The second kappa shape index (κ2) is 10.6. The smallest absolute Gasteiger partial charge is 0.0925 e. The monoisotopic (exact) mass is 520 g/mol. The van der Waals surface area contributed by atoms with E-state index in [0.29, 0.717) is 21.5 Å². The number of rotatable bonds is 8. The topological polar surface area (TPSA) is 28.7 Å². The van der Waals surface area contributed by atoms with Gasteiger partial charge < -0.3 is 4.98 Å². The summed E-state index contributed by atoms with van der Waals surface area (Å²) < 4.78 is 0. The fourth-order valence-corrected chi connectivity index (χ4v) is 3.76. The summed E-state index contributed by atoms with van der Waals surface area (Å²) in [5, 5.41) is 0. The van der Waals surface area contributed by atoms with Gasteiger partial charge in [0, 0.05) is 27.2 Å². The Labute approximate surface area is 157 Å². The number of halogens is 3. The van der Waals surface area contributed by atoms with E-state index in [0.717, 1.165) is 0 Å². The number of alkyl halides is 2. The Balaban J connectivity index is 0.00000361. The highest BCUT2D eigenvalue weighted by Crippen LogP contribution is 2.36. The lowest BCUT2D eigenvalue weighted by Crippen LogP contribution is -2.17. The van der Waals surface area contributed by atoms with Crippen molar-refractivity contribution in [3.8, 4) is 0 Å². The van der Waals surface area contributed by atoms with E-state index in [2.05, 4.69) is 69.5 Å². The molecular formula is C15H27Br2IN2. The van der Waals surface area contributed by atoms with E-state index in [4.69, 9.17) is 0 Å². The zero-order valence-corrected chi connectivity index (χ0v) is 18.3. The Morgan fingerprint density at radius 2 is 1.55 bits per heavy atom. The lowest BCUT2D eigenvalue weighted by molar-refractivity contribution is 0.557. The summed E-state index contributed by atoms with van der Waals surface area (Å²) in [6.07, 6.45) is 6.62. The summed E-state index contributed by atoms with van der Waals surface area (Å²) in [6.45, 7) is 8.95. The molecule has 0 radical (unpaired) electrons. The fraction of sp³-hybridized carbons (Fsp3) is 0.800. The van der Waals surface area contributed by atoms with Crippen molar-refractivity contribution < 1.29 is 0 Å². The highest BCUT2D eigenvalue weighted by molar-refractivity contribution is 14.0. The molecule has 0 saturated heterocycles. The molecule has 0 aliphatic rings. The van der Waals surface area contributed by atoms with Gasteiger partial charge in [-0.15, -0.1) is 24.0 Å². The number of nitrogens with one attached hydrogen (secondary N) is 1. The molecule has 1 N–H and O–H groups in total. The Morgan fingerprint density at radius 3 is 2.00 bits per heavy atom. The molecule has 0 aliphatic carbocycles. The molecular weight excluding hydrogens is 495 g/mol. The van der Waals surface area contributed by atoms with Gasteiger partial charge >= 0.3 is 0 Å². The molecule has 1 heterocycles. The van der Waals surface area contributed by atoms with Crippen LogP contribution in [0.5, 0.6) is 0 Å². The van der Waals surface area contributed by atoms with Crippen LogP contribution in [-0.4, -0.2) is 19.6 Å². The zero-order valence-electron chi connectivity index (χ0n) is 12.8. The molecule has 0 bridgehead atoms. The largest absolute Gasteiger partial charge is 0.348 e. The van der Waals surface area contributed by atoms with Crippen molar-refractivity contribution in [2.75, 3.05) is 0 Å². The van der Waals surface area contributed by atoms with Crippen molar-refractivity contribution in [2.24, 2.45) is 0 Å². The summed E-state index contributed by atoms with van der Waals surface area (Å²) in [7, 11) is 0. The molecule has 118 valence electrons. The molecule has 1 aromatic heterocycles. The number of aromatic nitrogens is 2. The van der Waals surface area contributed by atoms with E-state index < -0.39 is 0 Å². The summed E-state index contributed by atoms with van der Waals surface area (Å²) in [4.78, 5) is 8.97. The molecule has 0 fully saturated rings. The van der Waals surface area contributed by atoms with Gasteiger partial charge in [0.05, 0.1) is 12.0 Å². The van der Waals surface area contributed by atoms with E-state index in [-0.39, 0.29) is 24.0 Å². The standard InChI is InChI=1S/C15H26Br2N2.HI/c1-5-7-12(10(3)16)14-15(19-9-18-14)13(8-6-2)11(4)17;/h9-13H,5-8H2,1-4H3,(H,18,19);1H. The number of hydrogen-bond donors (Lipinski definition) is 1. The third kappa shape index (κ3) is 5.59. The average molecular weight is 522 g/mol. The van der Waals surface area contributed by atoms with Crippen LogP contribution in [0.2, 0.25) is 0 Å². The van der Waals surface area contributed by atoms with Crippen molar-refractivity contribution in [1.82, 2.24) is 9.97 Å². The first-order valence-corrected chi connectivity index (χ1v) is 9.17. The minimum absolute atomic E-state index is 0. The average Bonchev–Trinajstić information content (AvgIpc) is 2.80. The second-order valence-corrected chi connectivity index (χ2v) is 8.24. The lowest BCUT2D eigenvalue weighted by atomic mass is 9.88. The molecule has 1 aromatic rings. The highest BCUT2D eigenvalue weighted by atomic mass is 127. The molecule has 2 nitrogen and oxygen atoms in total. The molecule has 5 heteroatoms. The second-order valence-electron chi connectivity index (χ2n) is 5.35. The molecule has 0 aliphatic heterocycles. The summed E-state index contributed by atoms with van der Waals surface area (Å²) in [5.41, 5.74) is 2.59. The van der Waals surface area contributed by atoms with Gasteiger partial charge in [-0.05, 0) is 12.8 Å². The normalized spacial score (nSPS) is 17.1. The zero-order chi connectivity index (χ0) is 14.4. The van der Waals surface area contributed by atoms with E-state index in [1.54, 1.807) is 0 Å². The summed E-state index contributed by atoms with van der Waals surface area (Å²) in [5.74, 6) is 1.02. The number of imidazole rings is 1. The first-order valence-electron chi connectivity index (χ1n) is 7.34. The maximum absolute atomic E-state index is 4.64. The molecule has 0 aromatic carbocycles. The third-order valence-electron chi connectivity index (χ3n) is 3.73. The number of nitrogens with zero attached hydrogens (tertiary/aromatic N) is 1. The fourth-order valence-electron chi connectivity index (χ4n) is 2.72. The van der Waals surface area contributed by atoms with E-state index in [1.807, 2.05) is 6.33 Å². The van der Waals surface area contributed by atoms with Crippen molar-refractivity contribution in [1.29, 1.82) is 0 Å². The molecule has 4 atom stereocenters. The molecule has 20 heavy (non-hydrogen) atoms. The maximum Gasteiger partial charge on any atom is 0.0925 e. The highest BCUT2D eigenvalue weighted by Gasteiger charge is 2.27. The molecule has 0 spiro atoms. The summed E-state index contributed by atoms with van der Waals surface area (Å²) in [6, 6.07) is 0. The first kappa shape index (κ1) is 20.9. The van der Waals surface area contributed by atoms with Crippen LogP contribution in [0, 0.1) is 0 Å². The van der Waals surface area contributed by atoms with Gasteiger partial charge in [0.1, 0.15) is 0 Å². The Bertz CT molecular complexity index is 334. The van der Waals surface area contributed by atoms with Crippen molar-refractivity contribution in [3.05, 3.63) is 17.7 Å². The third-order valence-corrected chi connectivity index (χ3v) is 5.01. The van der Waals surface area contributed by atoms with Gasteiger partial charge in [-0.25, -0.2) is 4.98 Å². The predicted molar refractivity (Wildman–Crippen MR) is 106 cm³/mol. The SMILES string of the molecule is CCCC(c1nc[nH]c1C(CCC)C(C)Br)C(C)Br.I. The lowest BCUT2D eigenvalue weighted by Gasteiger charge is -2.24. The van der Waals surface area contributed by atoms with Gasteiger partial charge in [-0.3, -0.25) is 0 Å². The minimum atomic E-state index is 0. The maximum atomic E-state index is 4.64. The number of aromatic amines is 1. The van der Waals surface area contributed by atoms with E-state index in [9.17, 15) is 0 Å². The molecule has 4 unspecified atom stereocenters. The van der Waals surface area contributed by atoms with Crippen LogP contribution in [0.3, 0.4) is 0 Å². The number of hydrogen-bond acceptors (Lipinski definition) is 1. The Kier molecular flexibility index (Phi) is 11.1. The first-order chi connectivity index (χ1) is 9.02. The molecule has 0 amide bonds. The van der Waals surface area contributed by atoms with Gasteiger partial charge in [-0.1, -0.05) is 72.4 Å². The van der Waals surface area contributed by atoms with Crippen molar-refractivity contribution in [3.63, 3.8) is 0 Å². The number of H-pyrrole nitrogens is 1. The van der Waals surface area contributed by atoms with Crippen molar-refractivity contribution in [2.45, 2.75) is 74.9 Å². The quantitative estimate of drug-likeness (QED) is 0.313. The van der Waals surface area contributed by atoms with Crippen LogP contribution in [-0.2, 0) is 0 Å². The van der Waals surface area contributed by atoms with Crippen LogP contribution < -0.4 is 0 Å². The van der Waals surface area contributed by atoms with Crippen LogP contribution >= 0.6 is 55.8 Å². The predicted octanol–water partition coefficient (Wildman–Crippen LogP) is 6.36. The van der Waals surface area contributed by atoms with Crippen molar-refractivity contribution >= 4 is 55.8 Å². The Hall–Kier alpha value is 0.900. The van der Waals surface area contributed by atoms with Crippen LogP contribution in [0.4, 0.5) is 0 Å². The van der Waals surface area contributed by atoms with Gasteiger partial charge in [0.25, 0.3) is 0 Å². The minimum Gasteiger partial charge on any atom is -0.348 e. The molecule has 0 saturated carbocycles. The van der Waals surface area contributed by atoms with Crippen LogP contribution in [0.15, 0.2) is 6.33 Å². The summed E-state index contributed by atoms with van der Waals surface area (Å²) >= 11 is 7.52. The molecule has 1 rings (SSSR count). The van der Waals surface area contributed by atoms with Gasteiger partial charge in [0.15, 0.2) is 0 Å². The Morgan fingerprint density at radius 1 is 1.05 bits per heavy atom. The van der Waals surface area contributed by atoms with Gasteiger partial charge in [-0.2, -0.15) is 0 Å². The van der Waals surface area contributed by atoms with Crippen LogP contribution in [0.1, 0.15) is 76.6 Å². The van der Waals surface area contributed by atoms with Crippen LogP contribution in [0.25, 0.3) is 0 Å². The van der Waals surface area contributed by atoms with Gasteiger partial charge in [0.2, 0.25) is 0 Å². The van der Waals surface area contributed by atoms with E-state index in [1.165, 1.54) is 37.1 Å².